The Hall–Kier alpha value is -2.33. The van der Waals surface area contributed by atoms with Crippen LogP contribution in [0.25, 0.3) is 5.57 Å². The third-order valence-electron chi connectivity index (χ3n) is 4.37. The predicted molar refractivity (Wildman–Crippen MR) is 99.1 cm³/mol. The number of anilines is 1. The lowest BCUT2D eigenvalue weighted by molar-refractivity contribution is -0.114. The summed E-state index contributed by atoms with van der Waals surface area (Å²) in [7, 11) is 4.19. The minimum atomic E-state index is -0.0370. The van der Waals surface area contributed by atoms with Gasteiger partial charge in [-0.3, -0.25) is 4.79 Å². The Morgan fingerprint density at radius 3 is 2.92 bits per heavy atom. The average molecular weight is 323 g/mol. The van der Waals surface area contributed by atoms with Crippen molar-refractivity contribution in [1.29, 1.82) is 0 Å². The number of nitrogens with one attached hydrogen (secondary N) is 1. The zero-order valence-electron chi connectivity index (χ0n) is 14.7. The highest BCUT2D eigenvalue weighted by molar-refractivity contribution is 5.90. The van der Waals surface area contributed by atoms with E-state index in [2.05, 4.69) is 65.4 Å². The number of hydrogen-bond acceptors (Lipinski definition) is 2. The van der Waals surface area contributed by atoms with Crippen LogP contribution in [0.5, 0.6) is 0 Å². The largest absolute Gasteiger partial charge is 0.347 e. The topological polar surface area (TPSA) is 37.3 Å². The molecule has 1 aromatic carbocycles. The first-order valence-corrected chi connectivity index (χ1v) is 8.46. The number of aromatic nitrogens is 1. The SMILES string of the molecule is CC(=O)Nc1ccc2c(c1)C(=CCCN(C)C)c1cccn1CC2. The maximum atomic E-state index is 11.4. The van der Waals surface area contributed by atoms with Crippen LogP contribution < -0.4 is 5.32 Å². The molecule has 0 unspecified atom stereocenters. The molecule has 0 radical (unpaired) electrons. The summed E-state index contributed by atoms with van der Waals surface area (Å²) in [5.74, 6) is -0.0370. The van der Waals surface area contributed by atoms with Gasteiger partial charge in [0.25, 0.3) is 0 Å². The van der Waals surface area contributed by atoms with E-state index >= 15 is 0 Å². The molecule has 126 valence electrons. The summed E-state index contributed by atoms with van der Waals surface area (Å²) < 4.78 is 2.32. The van der Waals surface area contributed by atoms with Gasteiger partial charge in [0.15, 0.2) is 0 Å². The van der Waals surface area contributed by atoms with E-state index in [-0.39, 0.29) is 5.91 Å². The summed E-state index contributed by atoms with van der Waals surface area (Å²) in [5.41, 5.74) is 5.95. The predicted octanol–water partition coefficient (Wildman–Crippen LogP) is 3.39. The quantitative estimate of drug-likeness (QED) is 0.936. The van der Waals surface area contributed by atoms with E-state index < -0.39 is 0 Å². The molecule has 1 N–H and O–H groups in total. The van der Waals surface area contributed by atoms with Gasteiger partial charge >= 0.3 is 0 Å². The van der Waals surface area contributed by atoms with Crippen molar-refractivity contribution in [1.82, 2.24) is 9.47 Å². The van der Waals surface area contributed by atoms with Gasteiger partial charge in [-0.2, -0.15) is 0 Å². The van der Waals surface area contributed by atoms with E-state index in [9.17, 15) is 4.79 Å². The summed E-state index contributed by atoms with van der Waals surface area (Å²) in [5, 5.41) is 2.91. The Kier molecular flexibility index (Phi) is 4.86. The van der Waals surface area contributed by atoms with E-state index in [1.54, 1.807) is 6.92 Å². The molecule has 1 aliphatic rings. The molecule has 0 saturated heterocycles. The first-order valence-electron chi connectivity index (χ1n) is 8.46. The molecule has 2 heterocycles. The van der Waals surface area contributed by atoms with Crippen molar-refractivity contribution >= 4 is 17.2 Å². The highest BCUT2D eigenvalue weighted by Crippen LogP contribution is 2.33. The molecular weight excluding hydrogens is 298 g/mol. The van der Waals surface area contributed by atoms with Crippen molar-refractivity contribution in [2.75, 3.05) is 26.0 Å². The lowest BCUT2D eigenvalue weighted by Crippen LogP contribution is -2.12. The number of hydrogen-bond donors (Lipinski definition) is 1. The van der Waals surface area contributed by atoms with Crippen molar-refractivity contribution < 1.29 is 4.79 Å². The summed E-state index contributed by atoms with van der Waals surface area (Å²) >= 11 is 0. The number of nitrogens with zero attached hydrogens (tertiary/aromatic N) is 2. The highest BCUT2D eigenvalue weighted by Gasteiger charge is 2.18. The van der Waals surface area contributed by atoms with Gasteiger partial charge in [-0.15, -0.1) is 0 Å². The highest BCUT2D eigenvalue weighted by atomic mass is 16.1. The molecule has 0 fully saturated rings. The summed E-state index contributed by atoms with van der Waals surface area (Å²) in [6, 6.07) is 10.5. The van der Waals surface area contributed by atoms with Crippen molar-refractivity contribution in [2.24, 2.45) is 0 Å². The third-order valence-corrected chi connectivity index (χ3v) is 4.37. The lowest BCUT2D eigenvalue weighted by Gasteiger charge is -2.14. The van der Waals surface area contributed by atoms with Gasteiger partial charge in [0.1, 0.15) is 0 Å². The van der Waals surface area contributed by atoms with Gasteiger partial charge in [-0.1, -0.05) is 12.1 Å². The van der Waals surface area contributed by atoms with Crippen LogP contribution in [0.1, 0.15) is 30.2 Å². The van der Waals surface area contributed by atoms with E-state index in [0.717, 1.165) is 31.6 Å². The minimum absolute atomic E-state index is 0.0370. The van der Waals surface area contributed by atoms with Crippen LogP contribution in [0.15, 0.2) is 42.6 Å². The molecular formula is C20H25N3O. The molecule has 1 amide bonds. The number of carbonyl (C=O) groups excluding carboxylic acids is 1. The second-order valence-electron chi connectivity index (χ2n) is 6.60. The van der Waals surface area contributed by atoms with Gasteiger partial charge in [0.2, 0.25) is 5.91 Å². The lowest BCUT2D eigenvalue weighted by atomic mass is 9.95. The summed E-state index contributed by atoms with van der Waals surface area (Å²) in [6.07, 6.45) is 6.48. The molecule has 0 saturated carbocycles. The number of aryl methyl sites for hydroxylation is 2. The Morgan fingerprint density at radius 1 is 1.33 bits per heavy atom. The molecule has 2 aromatic rings. The van der Waals surface area contributed by atoms with Crippen LogP contribution in [0, 0.1) is 0 Å². The smallest absolute Gasteiger partial charge is 0.221 e. The third kappa shape index (κ3) is 3.60. The normalized spacial score (nSPS) is 15.1. The van der Waals surface area contributed by atoms with Gasteiger partial charge in [-0.05, 0) is 62.3 Å². The molecule has 0 atom stereocenters. The number of carbonyl (C=O) groups is 1. The average Bonchev–Trinajstić information content (AvgIpc) is 2.92. The molecule has 4 nitrogen and oxygen atoms in total. The van der Waals surface area contributed by atoms with Gasteiger partial charge < -0.3 is 14.8 Å². The first-order chi connectivity index (χ1) is 11.5. The van der Waals surface area contributed by atoms with E-state index in [1.807, 2.05) is 6.07 Å². The van der Waals surface area contributed by atoms with Crippen molar-refractivity contribution in [2.45, 2.75) is 26.3 Å². The minimum Gasteiger partial charge on any atom is -0.347 e. The Labute approximate surface area is 143 Å². The van der Waals surface area contributed by atoms with Gasteiger partial charge in [-0.25, -0.2) is 0 Å². The van der Waals surface area contributed by atoms with E-state index in [0.29, 0.717) is 0 Å². The molecule has 1 aromatic heterocycles. The number of rotatable bonds is 4. The van der Waals surface area contributed by atoms with Gasteiger partial charge in [0, 0.05) is 43.2 Å². The molecule has 1 aliphatic heterocycles. The molecule has 24 heavy (non-hydrogen) atoms. The fraction of sp³-hybridized carbons (Fsp3) is 0.350. The second-order valence-corrected chi connectivity index (χ2v) is 6.60. The zero-order valence-corrected chi connectivity index (χ0v) is 14.7. The van der Waals surface area contributed by atoms with Crippen molar-refractivity contribution in [3.05, 3.63) is 59.4 Å². The molecule has 0 aliphatic carbocycles. The molecule has 0 bridgehead atoms. The monoisotopic (exact) mass is 323 g/mol. The molecule has 4 heteroatoms. The van der Waals surface area contributed by atoms with E-state index in [4.69, 9.17) is 0 Å². The Balaban J connectivity index is 2.04. The fourth-order valence-corrected chi connectivity index (χ4v) is 3.24. The zero-order chi connectivity index (χ0) is 17.1. The van der Waals surface area contributed by atoms with Crippen LogP contribution in [-0.2, 0) is 17.8 Å². The maximum absolute atomic E-state index is 11.4. The number of amides is 1. The summed E-state index contributed by atoms with van der Waals surface area (Å²) in [6.45, 7) is 3.55. The second kappa shape index (κ2) is 7.05. The first kappa shape index (κ1) is 16.5. The Morgan fingerprint density at radius 2 is 2.17 bits per heavy atom. The van der Waals surface area contributed by atoms with Crippen LogP contribution in [-0.4, -0.2) is 36.0 Å². The number of fused-ring (bicyclic) bond motifs is 2. The molecule has 3 rings (SSSR count). The van der Waals surface area contributed by atoms with Crippen LogP contribution in [0.2, 0.25) is 0 Å². The van der Waals surface area contributed by atoms with Gasteiger partial charge in [0.05, 0.1) is 0 Å². The Bertz CT molecular complexity index is 771. The number of benzene rings is 1. The standard InChI is InChI=1S/C20H25N3O/c1-15(24)21-17-9-8-16-10-13-23-12-5-7-20(23)18(19(16)14-17)6-4-11-22(2)3/h5-9,12,14H,4,10-11,13H2,1-3H3,(H,21,24). The van der Waals surface area contributed by atoms with Crippen molar-refractivity contribution in [3.63, 3.8) is 0 Å². The fourth-order valence-electron chi connectivity index (χ4n) is 3.24. The van der Waals surface area contributed by atoms with Crippen LogP contribution in [0.4, 0.5) is 5.69 Å². The molecule has 0 spiro atoms. The maximum Gasteiger partial charge on any atom is 0.221 e. The van der Waals surface area contributed by atoms with E-state index in [1.165, 1.54) is 22.4 Å². The summed E-state index contributed by atoms with van der Waals surface area (Å²) in [4.78, 5) is 13.6. The van der Waals surface area contributed by atoms with Crippen LogP contribution >= 0.6 is 0 Å². The van der Waals surface area contributed by atoms with Crippen molar-refractivity contribution in [3.8, 4) is 0 Å². The van der Waals surface area contributed by atoms with Crippen LogP contribution in [0.3, 0.4) is 0 Å².